The van der Waals surface area contributed by atoms with Crippen molar-refractivity contribution in [2.75, 3.05) is 14.2 Å². The van der Waals surface area contributed by atoms with Gasteiger partial charge in [0.1, 0.15) is 11.5 Å². The highest BCUT2D eigenvalue weighted by Crippen LogP contribution is 2.14. The highest BCUT2D eigenvalue weighted by Gasteiger charge is 2.12. The van der Waals surface area contributed by atoms with Gasteiger partial charge in [0.15, 0.2) is 10.6 Å². The molecule has 0 radical (unpaired) electrons. The lowest BCUT2D eigenvalue weighted by atomic mass is 10.2. The molecule has 27 heavy (non-hydrogen) atoms. The second kappa shape index (κ2) is 8.05. The molecule has 0 aliphatic heterocycles. The van der Waals surface area contributed by atoms with Crippen LogP contribution in [0.2, 0.25) is 0 Å². The molecule has 0 aliphatic carbocycles. The van der Waals surface area contributed by atoms with Gasteiger partial charge in [0.05, 0.1) is 13.7 Å². The van der Waals surface area contributed by atoms with E-state index in [4.69, 9.17) is 9.15 Å². The number of thiazole rings is 1. The van der Waals surface area contributed by atoms with E-state index in [1.807, 2.05) is 16.9 Å². The number of aromatic nitrogens is 1. The average Bonchev–Trinajstić information content (AvgIpc) is 3.29. The molecule has 2 heterocycles. The molecule has 1 N–H and O–H groups in total. The van der Waals surface area contributed by atoms with Gasteiger partial charge in [-0.3, -0.25) is 9.59 Å². The summed E-state index contributed by atoms with van der Waals surface area (Å²) in [5.74, 6) is 0.808. The van der Waals surface area contributed by atoms with E-state index < -0.39 is 0 Å². The Morgan fingerprint density at radius 2 is 2.11 bits per heavy atom. The first kappa shape index (κ1) is 18.7. The number of rotatable bonds is 5. The lowest BCUT2D eigenvalue weighted by Crippen LogP contribution is -2.19. The first-order valence-corrected chi connectivity index (χ1v) is 9.08. The van der Waals surface area contributed by atoms with Gasteiger partial charge in [0.25, 0.3) is 11.8 Å². The Labute approximate surface area is 159 Å². The van der Waals surface area contributed by atoms with Crippen LogP contribution < -0.4 is 14.9 Å². The number of hydrogen-bond donors (Lipinski definition) is 1. The van der Waals surface area contributed by atoms with Gasteiger partial charge in [-0.2, -0.15) is 4.99 Å². The van der Waals surface area contributed by atoms with Crippen LogP contribution in [0.1, 0.15) is 32.4 Å². The number of carbonyl (C=O) groups is 2. The van der Waals surface area contributed by atoms with Crippen molar-refractivity contribution in [1.82, 2.24) is 9.88 Å². The lowest BCUT2D eigenvalue weighted by Gasteiger charge is -2.04. The van der Waals surface area contributed by atoms with Crippen LogP contribution in [-0.2, 0) is 6.54 Å². The Bertz CT molecular complexity index is 1050. The molecule has 140 valence electrons. The fourth-order valence-corrected chi connectivity index (χ4v) is 3.34. The first-order valence-electron chi connectivity index (χ1n) is 8.20. The van der Waals surface area contributed by atoms with Crippen molar-refractivity contribution in [2.45, 2.75) is 13.5 Å². The topological polar surface area (TPSA) is 85.8 Å². The highest BCUT2D eigenvalue weighted by molar-refractivity contribution is 7.07. The zero-order valence-electron chi connectivity index (χ0n) is 15.2. The van der Waals surface area contributed by atoms with Crippen molar-refractivity contribution >= 4 is 23.2 Å². The largest absolute Gasteiger partial charge is 0.497 e. The van der Waals surface area contributed by atoms with Gasteiger partial charge in [-0.15, -0.1) is 11.3 Å². The molecule has 3 aromatic rings. The van der Waals surface area contributed by atoms with Gasteiger partial charge in [-0.1, -0.05) is 6.07 Å². The Balaban J connectivity index is 1.89. The summed E-state index contributed by atoms with van der Waals surface area (Å²) in [6, 6.07) is 10.2. The average molecular weight is 385 g/mol. The van der Waals surface area contributed by atoms with Crippen molar-refractivity contribution in [3.63, 3.8) is 0 Å². The van der Waals surface area contributed by atoms with Gasteiger partial charge in [0.2, 0.25) is 0 Å². The van der Waals surface area contributed by atoms with Gasteiger partial charge >= 0.3 is 0 Å². The molecule has 2 aromatic heterocycles. The minimum atomic E-state index is -0.352. The van der Waals surface area contributed by atoms with Crippen molar-refractivity contribution < 1.29 is 18.7 Å². The van der Waals surface area contributed by atoms with E-state index >= 15 is 0 Å². The summed E-state index contributed by atoms with van der Waals surface area (Å²) in [5.41, 5.74) is 1.39. The third-order valence-electron chi connectivity index (χ3n) is 3.93. The van der Waals surface area contributed by atoms with Crippen LogP contribution in [-0.4, -0.2) is 30.5 Å². The summed E-state index contributed by atoms with van der Waals surface area (Å²) in [7, 11) is 3.09. The smallest absolute Gasteiger partial charge is 0.286 e. The summed E-state index contributed by atoms with van der Waals surface area (Å²) in [6.07, 6.45) is 0. The third kappa shape index (κ3) is 4.17. The van der Waals surface area contributed by atoms with Crippen molar-refractivity contribution in [1.29, 1.82) is 0 Å². The molecule has 0 atom stereocenters. The predicted octanol–water partition coefficient (Wildman–Crippen LogP) is 2.61. The van der Waals surface area contributed by atoms with E-state index in [1.165, 1.54) is 11.3 Å². The molecule has 0 saturated heterocycles. The van der Waals surface area contributed by atoms with Crippen LogP contribution in [0.5, 0.6) is 5.75 Å². The number of carbonyl (C=O) groups excluding carboxylic acids is 2. The summed E-state index contributed by atoms with van der Waals surface area (Å²) in [4.78, 5) is 29.0. The molecule has 3 rings (SSSR count). The maximum Gasteiger partial charge on any atom is 0.286 e. The Hall–Kier alpha value is -3.13. The number of amides is 2. The Morgan fingerprint density at radius 3 is 2.85 bits per heavy atom. The van der Waals surface area contributed by atoms with Crippen LogP contribution in [0.3, 0.4) is 0 Å². The molecule has 0 bridgehead atoms. The number of benzene rings is 1. The Morgan fingerprint density at radius 1 is 1.30 bits per heavy atom. The minimum Gasteiger partial charge on any atom is -0.497 e. The summed E-state index contributed by atoms with van der Waals surface area (Å²) < 4.78 is 12.6. The lowest BCUT2D eigenvalue weighted by molar-refractivity contribution is 0.0933. The second-order valence-electron chi connectivity index (χ2n) is 5.74. The minimum absolute atomic E-state index is 0.243. The maximum atomic E-state index is 12.5. The number of ether oxygens (including phenoxy) is 1. The fourth-order valence-electron chi connectivity index (χ4n) is 2.47. The molecule has 0 saturated carbocycles. The third-order valence-corrected chi connectivity index (χ3v) is 4.91. The van der Waals surface area contributed by atoms with Gasteiger partial charge < -0.3 is 19.0 Å². The Kier molecular flexibility index (Phi) is 5.56. The molecule has 0 fully saturated rings. The molecule has 7 nitrogen and oxygen atoms in total. The van der Waals surface area contributed by atoms with Crippen LogP contribution in [0.25, 0.3) is 0 Å². The highest BCUT2D eigenvalue weighted by atomic mass is 32.1. The summed E-state index contributed by atoms with van der Waals surface area (Å²) in [6.45, 7) is 2.30. The molecule has 0 aliphatic rings. The second-order valence-corrected chi connectivity index (χ2v) is 6.58. The zero-order chi connectivity index (χ0) is 19.4. The molecule has 8 heteroatoms. The molecular formula is C19H19N3O4S. The van der Waals surface area contributed by atoms with E-state index in [2.05, 4.69) is 10.3 Å². The SMILES string of the molecule is CNC(=O)c1ccc(Cn2c(C)csc2=NC(=O)c2cccc(OC)c2)o1. The number of aryl methyl sites for hydroxylation is 1. The van der Waals surface area contributed by atoms with E-state index in [0.717, 1.165) is 5.69 Å². The van der Waals surface area contributed by atoms with Gasteiger partial charge in [-0.05, 0) is 37.3 Å². The number of nitrogens with one attached hydrogen (secondary N) is 1. The van der Waals surface area contributed by atoms with Crippen LogP contribution in [0, 0.1) is 6.92 Å². The van der Waals surface area contributed by atoms with Crippen LogP contribution >= 0.6 is 11.3 Å². The number of nitrogens with zero attached hydrogens (tertiary/aromatic N) is 2. The van der Waals surface area contributed by atoms with Gasteiger partial charge in [-0.25, -0.2) is 0 Å². The number of furan rings is 1. The predicted molar refractivity (Wildman–Crippen MR) is 101 cm³/mol. The monoisotopic (exact) mass is 385 g/mol. The summed E-state index contributed by atoms with van der Waals surface area (Å²) >= 11 is 1.37. The molecule has 0 unspecified atom stereocenters. The van der Waals surface area contributed by atoms with E-state index in [0.29, 0.717) is 28.4 Å². The molecule has 1 aromatic carbocycles. The fraction of sp³-hybridized carbons (Fsp3) is 0.211. The van der Waals surface area contributed by atoms with Crippen LogP contribution in [0.4, 0.5) is 0 Å². The quantitative estimate of drug-likeness (QED) is 0.731. The normalized spacial score (nSPS) is 11.4. The standard InChI is InChI=1S/C19H19N3O4S/c1-12-11-27-19(21-17(23)13-5-4-6-14(9-13)25-3)22(12)10-15-7-8-16(26-15)18(24)20-2/h4-9,11H,10H2,1-3H3,(H,20,24). The molecular weight excluding hydrogens is 366 g/mol. The van der Waals surface area contributed by atoms with E-state index in [1.54, 1.807) is 50.6 Å². The maximum absolute atomic E-state index is 12.5. The molecule has 2 amide bonds. The van der Waals surface area contributed by atoms with Crippen molar-refractivity contribution in [3.8, 4) is 5.75 Å². The van der Waals surface area contributed by atoms with E-state index in [-0.39, 0.29) is 17.6 Å². The molecule has 0 spiro atoms. The van der Waals surface area contributed by atoms with Gasteiger partial charge in [0, 0.05) is 23.7 Å². The zero-order valence-corrected chi connectivity index (χ0v) is 16.0. The van der Waals surface area contributed by atoms with Crippen LogP contribution in [0.15, 0.2) is 51.2 Å². The van der Waals surface area contributed by atoms with Crippen molar-refractivity contribution in [2.24, 2.45) is 4.99 Å². The van der Waals surface area contributed by atoms with Crippen molar-refractivity contribution in [3.05, 3.63) is 69.4 Å². The first-order chi connectivity index (χ1) is 13.0. The number of hydrogen-bond acceptors (Lipinski definition) is 5. The number of methoxy groups -OCH3 is 1. The van der Waals surface area contributed by atoms with E-state index in [9.17, 15) is 9.59 Å². The summed E-state index contributed by atoms with van der Waals surface area (Å²) in [5, 5.41) is 4.44.